The number of likely N-dealkylation sites (tertiary alicyclic amines) is 2. The minimum absolute atomic E-state index is 0.00570. The van der Waals surface area contributed by atoms with Crippen molar-refractivity contribution in [1.29, 1.82) is 10.5 Å². The van der Waals surface area contributed by atoms with Gasteiger partial charge in [-0.3, -0.25) is 29.0 Å². The van der Waals surface area contributed by atoms with E-state index in [1.165, 1.54) is 9.80 Å². The summed E-state index contributed by atoms with van der Waals surface area (Å²) in [5.41, 5.74) is -0.998. The third-order valence-corrected chi connectivity index (χ3v) is 13.7. The summed E-state index contributed by atoms with van der Waals surface area (Å²) in [6, 6.07) is 8.99. The van der Waals surface area contributed by atoms with Gasteiger partial charge in [0.25, 0.3) is 11.8 Å². The fourth-order valence-electron chi connectivity index (χ4n) is 10.2. The van der Waals surface area contributed by atoms with Crippen LogP contribution in [-0.4, -0.2) is 94.7 Å². The number of hydrogen-bond donors (Lipinski definition) is 2. The summed E-state index contributed by atoms with van der Waals surface area (Å²) in [6.07, 6.45) is 5.22. The topological polar surface area (TPSA) is 165 Å². The molecule has 16 heteroatoms. The van der Waals surface area contributed by atoms with E-state index in [4.69, 9.17) is 9.47 Å². The lowest BCUT2D eigenvalue weighted by molar-refractivity contribution is -0.167. The highest BCUT2D eigenvalue weighted by atomic mass is 19.3. The Morgan fingerprint density at radius 1 is 0.625 bits per heavy atom. The van der Waals surface area contributed by atoms with Crippen molar-refractivity contribution in [2.75, 3.05) is 26.2 Å². The summed E-state index contributed by atoms with van der Waals surface area (Å²) in [6.45, 7) is -1.82. The van der Waals surface area contributed by atoms with Gasteiger partial charge in [-0.15, -0.1) is 0 Å². The summed E-state index contributed by atoms with van der Waals surface area (Å²) in [7, 11) is 0. The quantitative estimate of drug-likeness (QED) is 0.225. The van der Waals surface area contributed by atoms with Crippen LogP contribution in [0, 0.1) is 33.5 Å². The number of nitriles is 2. The second kappa shape index (κ2) is 14.9. The third-order valence-electron chi connectivity index (χ3n) is 13.7. The van der Waals surface area contributed by atoms with Crippen molar-refractivity contribution in [3.05, 3.63) is 35.4 Å². The summed E-state index contributed by atoms with van der Waals surface area (Å²) in [5.74, 6) is -7.44. The van der Waals surface area contributed by atoms with Crippen molar-refractivity contribution in [3.63, 3.8) is 0 Å². The molecule has 1 aromatic rings. The van der Waals surface area contributed by atoms with E-state index in [0.29, 0.717) is 88.2 Å². The average Bonchev–Trinajstić information content (AvgIpc) is 3.65. The van der Waals surface area contributed by atoms with Gasteiger partial charge >= 0.3 is 11.9 Å². The van der Waals surface area contributed by atoms with Gasteiger partial charge in [0.2, 0.25) is 11.8 Å². The van der Waals surface area contributed by atoms with E-state index in [2.05, 4.69) is 10.6 Å². The van der Waals surface area contributed by atoms with Crippen LogP contribution in [0.2, 0.25) is 0 Å². The smallest absolute Gasteiger partial charge is 0.312 e. The van der Waals surface area contributed by atoms with Crippen LogP contribution in [-0.2, 0) is 41.9 Å². The second-order valence-corrected chi connectivity index (χ2v) is 17.4. The Kier molecular flexibility index (Phi) is 10.6. The van der Waals surface area contributed by atoms with Gasteiger partial charge in [0, 0.05) is 23.9 Å². The first-order chi connectivity index (χ1) is 26.5. The van der Waals surface area contributed by atoms with Crippen molar-refractivity contribution in [2.45, 2.75) is 138 Å². The molecule has 2 saturated heterocycles. The number of ether oxygens (including phenoxy) is 2. The fraction of sp³-hybridized carbons (Fsp3) is 0.700. The number of rotatable bonds is 12. The number of esters is 2. The minimum Gasteiger partial charge on any atom is -0.460 e. The molecule has 0 spiro atoms. The molecule has 6 aliphatic carbocycles. The van der Waals surface area contributed by atoms with E-state index in [1.54, 1.807) is 0 Å². The molecule has 302 valence electrons. The van der Waals surface area contributed by atoms with Crippen LogP contribution in [0.25, 0.3) is 0 Å². The van der Waals surface area contributed by atoms with Crippen molar-refractivity contribution < 1.29 is 46.2 Å². The number of hydrogen-bond acceptors (Lipinski definition) is 10. The van der Waals surface area contributed by atoms with Gasteiger partial charge in [-0.25, -0.2) is 17.6 Å². The number of nitrogens with zero attached hydrogens (tertiary/aromatic N) is 4. The molecule has 8 aliphatic rings. The lowest BCUT2D eigenvalue weighted by Crippen LogP contribution is -2.59. The maximum atomic E-state index is 13.9. The lowest BCUT2D eigenvalue weighted by atomic mass is 9.57. The second-order valence-electron chi connectivity index (χ2n) is 17.4. The van der Waals surface area contributed by atoms with Gasteiger partial charge in [0.05, 0.1) is 49.1 Å². The Bertz CT molecular complexity index is 1650. The highest BCUT2D eigenvalue weighted by molar-refractivity contribution is 5.81. The molecule has 8 fully saturated rings. The zero-order chi connectivity index (χ0) is 40.0. The molecule has 2 atom stereocenters. The third kappa shape index (κ3) is 8.10. The first-order valence-corrected chi connectivity index (χ1v) is 19.6. The van der Waals surface area contributed by atoms with E-state index in [9.17, 15) is 47.3 Å². The standard InChI is InChI=1S/C40H48F4N6O6/c41-39(42)17-29(19-45)49(25-39)21-31(51)47-37-11-5-35(6-12-37,7-13-37)33(53)55-23-27-3-1-2-4-28(27)24-56-34(54)36-8-14-38(15-9-36,16-10-36)48-32(52)22-50-26-40(43,44)18-30(50)20-46/h1-4,29-30H,5-18,21-26H2,(H,47,51)(H,48,52)/t29-,30-,35?,36?,37?,38?/m0/s1. The molecule has 4 bridgehead atoms. The highest BCUT2D eigenvalue weighted by Gasteiger charge is 2.56. The molecule has 0 unspecified atom stereocenters. The number of halogens is 4. The van der Waals surface area contributed by atoms with Gasteiger partial charge in [0.1, 0.15) is 25.3 Å². The molecule has 0 radical (unpaired) electrons. The van der Waals surface area contributed by atoms with E-state index >= 15 is 0 Å². The Hall–Kier alpha value is -4.28. The van der Waals surface area contributed by atoms with E-state index < -0.39 is 83.6 Å². The van der Waals surface area contributed by atoms with Crippen LogP contribution in [0.3, 0.4) is 0 Å². The largest absolute Gasteiger partial charge is 0.460 e. The number of alkyl halides is 4. The van der Waals surface area contributed by atoms with Gasteiger partial charge in [-0.2, -0.15) is 10.5 Å². The van der Waals surface area contributed by atoms with Crippen LogP contribution in [0.15, 0.2) is 24.3 Å². The van der Waals surface area contributed by atoms with Gasteiger partial charge in [0.15, 0.2) is 0 Å². The molecule has 6 saturated carbocycles. The monoisotopic (exact) mass is 784 g/mol. The lowest BCUT2D eigenvalue weighted by Gasteiger charge is -2.52. The van der Waals surface area contributed by atoms with E-state index in [0.717, 1.165) is 0 Å². The number of carbonyl (C=O) groups is 4. The molecule has 2 heterocycles. The van der Waals surface area contributed by atoms with Crippen molar-refractivity contribution in [3.8, 4) is 12.1 Å². The molecular weight excluding hydrogens is 736 g/mol. The summed E-state index contributed by atoms with van der Waals surface area (Å²) in [5, 5.41) is 24.6. The minimum atomic E-state index is -3.00. The van der Waals surface area contributed by atoms with Crippen LogP contribution in [0.5, 0.6) is 0 Å². The average molecular weight is 785 g/mol. The normalized spacial score (nSPS) is 34.2. The first kappa shape index (κ1) is 39.9. The molecule has 1 aromatic carbocycles. The Balaban J connectivity index is 0.863. The summed E-state index contributed by atoms with van der Waals surface area (Å²) < 4.78 is 67.2. The van der Waals surface area contributed by atoms with Gasteiger partial charge < -0.3 is 20.1 Å². The Morgan fingerprint density at radius 3 is 1.29 bits per heavy atom. The number of amides is 2. The number of benzene rings is 1. The number of carbonyl (C=O) groups excluding carboxylic acids is 4. The zero-order valence-electron chi connectivity index (χ0n) is 31.4. The highest BCUT2D eigenvalue weighted by Crippen LogP contribution is 2.54. The maximum absolute atomic E-state index is 13.9. The number of nitrogens with one attached hydrogen (secondary N) is 2. The molecule has 2 aliphatic heterocycles. The first-order valence-electron chi connectivity index (χ1n) is 19.6. The molecule has 12 nitrogen and oxygen atoms in total. The molecule has 2 amide bonds. The molecule has 56 heavy (non-hydrogen) atoms. The Morgan fingerprint density at radius 2 is 0.964 bits per heavy atom. The summed E-state index contributed by atoms with van der Waals surface area (Å²) >= 11 is 0. The molecular formula is C40H48F4N6O6. The predicted octanol–water partition coefficient (Wildman–Crippen LogP) is 4.66. The molecule has 9 rings (SSSR count). The van der Waals surface area contributed by atoms with Gasteiger partial charge in [-0.05, 0) is 88.2 Å². The van der Waals surface area contributed by atoms with Crippen LogP contribution < -0.4 is 10.6 Å². The zero-order valence-corrected chi connectivity index (χ0v) is 31.4. The SMILES string of the molecule is N#C[C@@H]1CC(F)(F)CN1CC(=O)NC12CCC(C(=O)OCc3ccccc3COC(=O)C34CCC(NC(=O)CN5CC(F)(F)C[C@H]5C#N)(CC3)CC4)(CC1)CC2. The molecule has 2 N–H and O–H groups in total. The van der Waals surface area contributed by atoms with Crippen LogP contribution in [0.4, 0.5) is 17.6 Å². The van der Waals surface area contributed by atoms with E-state index in [1.807, 2.05) is 36.4 Å². The van der Waals surface area contributed by atoms with Crippen LogP contribution in [0.1, 0.15) is 101 Å². The predicted molar refractivity (Wildman–Crippen MR) is 189 cm³/mol. The van der Waals surface area contributed by atoms with Gasteiger partial charge in [-0.1, -0.05) is 24.3 Å². The number of fused-ring (bicyclic) bond motifs is 6. The maximum Gasteiger partial charge on any atom is 0.312 e. The van der Waals surface area contributed by atoms with Crippen molar-refractivity contribution in [1.82, 2.24) is 20.4 Å². The van der Waals surface area contributed by atoms with Crippen molar-refractivity contribution in [2.24, 2.45) is 10.8 Å². The van der Waals surface area contributed by atoms with Crippen molar-refractivity contribution >= 4 is 23.8 Å². The van der Waals surface area contributed by atoms with Crippen LogP contribution >= 0.6 is 0 Å². The fourth-order valence-corrected chi connectivity index (χ4v) is 10.2. The summed E-state index contributed by atoms with van der Waals surface area (Å²) in [4.78, 5) is 55.4. The molecule has 0 aromatic heterocycles. The Labute approximate surface area is 323 Å². The van der Waals surface area contributed by atoms with E-state index in [-0.39, 0.29) is 38.2 Å².